The third kappa shape index (κ3) is 35.2. The molecule has 6 N–H and O–H groups in total. The average molecular weight is 918 g/mol. The van der Waals surface area contributed by atoms with Crippen molar-refractivity contribution in [2.75, 3.05) is 26.4 Å². The molecule has 0 radical (unpaired) electrons. The second-order valence-corrected chi connectivity index (χ2v) is 19.0. The summed E-state index contributed by atoms with van der Waals surface area (Å²) in [6.45, 7) is 3.34. The molecule has 7 atom stereocenters. The Morgan fingerprint density at radius 2 is 1.24 bits per heavy atom. The lowest BCUT2D eigenvalue weighted by atomic mass is 9.87. The number of phosphoric ester groups is 1. The molecule has 1 fully saturated rings. The molecule has 2 unspecified atom stereocenters. The quantitative estimate of drug-likeness (QED) is 0.0167. The van der Waals surface area contributed by atoms with Gasteiger partial charge in [0.15, 0.2) is 12.4 Å². The van der Waals surface area contributed by atoms with Crippen molar-refractivity contribution in [2.24, 2.45) is 11.7 Å². The van der Waals surface area contributed by atoms with Crippen LogP contribution in [0.4, 0.5) is 0 Å². The van der Waals surface area contributed by atoms with Crippen LogP contribution >= 0.6 is 7.82 Å². The fraction of sp³-hybridized carbons (Fsp3) is 0.878. The molecule has 1 heterocycles. The van der Waals surface area contributed by atoms with Crippen LogP contribution in [-0.4, -0.2) is 89.2 Å². The second kappa shape index (κ2) is 40.6. The molecule has 0 aromatic heterocycles. The van der Waals surface area contributed by atoms with Crippen molar-refractivity contribution in [1.29, 1.82) is 0 Å². The number of hydrogen-bond acceptors (Lipinski definition) is 12. The maximum Gasteiger partial charge on any atom is 0.472 e. The van der Waals surface area contributed by atoms with Crippen molar-refractivity contribution in [2.45, 2.75) is 244 Å². The first kappa shape index (κ1) is 59.3. The van der Waals surface area contributed by atoms with Crippen LogP contribution in [0.5, 0.6) is 0 Å². The minimum absolute atomic E-state index is 0.0109. The highest BCUT2D eigenvalue weighted by Gasteiger charge is 2.35. The molecule has 0 aromatic carbocycles. The first-order chi connectivity index (χ1) is 30.5. The van der Waals surface area contributed by atoms with Crippen LogP contribution in [0.15, 0.2) is 24.3 Å². The van der Waals surface area contributed by atoms with E-state index in [0.717, 1.165) is 38.5 Å². The van der Waals surface area contributed by atoms with Gasteiger partial charge in [-0.2, -0.15) is 0 Å². The normalized spacial score (nSPS) is 20.0. The summed E-state index contributed by atoms with van der Waals surface area (Å²) >= 11 is 0. The van der Waals surface area contributed by atoms with Gasteiger partial charge in [-0.1, -0.05) is 186 Å². The van der Waals surface area contributed by atoms with Crippen molar-refractivity contribution in [3.63, 3.8) is 0 Å². The molecular weight excluding hydrogens is 826 g/mol. The minimum Gasteiger partial charge on any atom is -0.462 e. The zero-order valence-electron chi connectivity index (χ0n) is 39.6. The molecule has 1 aliphatic heterocycles. The first-order valence-electron chi connectivity index (χ1n) is 25.2. The van der Waals surface area contributed by atoms with Crippen LogP contribution < -0.4 is 5.73 Å². The van der Waals surface area contributed by atoms with Gasteiger partial charge in [-0.15, -0.1) is 0 Å². The summed E-state index contributed by atoms with van der Waals surface area (Å²) in [6, 6.07) is 0. The molecule has 13 nitrogen and oxygen atoms in total. The molecule has 0 aromatic rings. The van der Waals surface area contributed by atoms with Crippen LogP contribution in [0.25, 0.3) is 0 Å². The van der Waals surface area contributed by atoms with Gasteiger partial charge in [-0.25, -0.2) is 4.57 Å². The van der Waals surface area contributed by atoms with Gasteiger partial charge in [-0.3, -0.25) is 18.6 Å². The Kier molecular flexibility index (Phi) is 38.2. The van der Waals surface area contributed by atoms with Gasteiger partial charge in [0.1, 0.15) is 6.61 Å². The van der Waals surface area contributed by atoms with Crippen molar-refractivity contribution in [3.8, 4) is 0 Å². The van der Waals surface area contributed by atoms with Gasteiger partial charge in [0.05, 0.1) is 31.5 Å². The lowest BCUT2D eigenvalue weighted by molar-refractivity contribution is -0.199. The predicted octanol–water partition coefficient (Wildman–Crippen LogP) is 10.8. The van der Waals surface area contributed by atoms with E-state index in [9.17, 15) is 34.4 Å². The minimum atomic E-state index is -4.46. The molecule has 1 aliphatic rings. The van der Waals surface area contributed by atoms with E-state index >= 15 is 0 Å². The van der Waals surface area contributed by atoms with E-state index in [2.05, 4.69) is 13.8 Å². The lowest BCUT2D eigenvalue weighted by Crippen LogP contribution is -2.43. The Balaban J connectivity index is 2.32. The highest BCUT2D eigenvalue weighted by atomic mass is 31.2. The van der Waals surface area contributed by atoms with E-state index in [0.29, 0.717) is 32.1 Å². The highest BCUT2D eigenvalue weighted by molar-refractivity contribution is 7.47. The molecule has 0 aliphatic carbocycles. The van der Waals surface area contributed by atoms with Crippen molar-refractivity contribution < 1.29 is 57.6 Å². The van der Waals surface area contributed by atoms with E-state index in [1.54, 1.807) is 12.2 Å². The Hall–Kier alpha value is -1.67. The van der Waals surface area contributed by atoms with E-state index in [1.165, 1.54) is 109 Å². The van der Waals surface area contributed by atoms with E-state index < -0.39 is 57.1 Å². The van der Waals surface area contributed by atoms with Crippen LogP contribution in [0, 0.1) is 5.92 Å². The van der Waals surface area contributed by atoms with Crippen LogP contribution in [0.1, 0.15) is 213 Å². The SMILES string of the molecule is CCCCCCCCCCCCCCCCCCCCCCCC(=O)OC[C@H](COP(=O)(O)OCCN)OC(=O)CCC/C=C\C[C@H]1[C@@H](O)CC(O)O[C@@H]1/C=C/[C@@H](O)CCCCC. The summed E-state index contributed by atoms with van der Waals surface area (Å²) in [7, 11) is -4.46. The highest BCUT2D eigenvalue weighted by Crippen LogP contribution is 2.43. The van der Waals surface area contributed by atoms with Crippen LogP contribution in [0.2, 0.25) is 0 Å². The molecule has 0 saturated carbocycles. The third-order valence-electron chi connectivity index (χ3n) is 11.6. The van der Waals surface area contributed by atoms with Crippen molar-refractivity contribution in [3.05, 3.63) is 24.3 Å². The largest absolute Gasteiger partial charge is 0.472 e. The maximum atomic E-state index is 12.8. The Morgan fingerprint density at radius 3 is 1.79 bits per heavy atom. The molecule has 63 heavy (non-hydrogen) atoms. The molecule has 1 saturated heterocycles. The lowest BCUT2D eigenvalue weighted by Gasteiger charge is -2.36. The van der Waals surface area contributed by atoms with Gasteiger partial charge < -0.3 is 40.2 Å². The smallest absolute Gasteiger partial charge is 0.462 e. The maximum absolute atomic E-state index is 12.8. The average Bonchev–Trinajstić information content (AvgIpc) is 3.25. The number of nitrogens with two attached hydrogens (primary N) is 1. The summed E-state index contributed by atoms with van der Waals surface area (Å²) in [5, 5.41) is 31.0. The second-order valence-electron chi connectivity index (χ2n) is 17.6. The van der Waals surface area contributed by atoms with Crippen molar-refractivity contribution in [1.82, 2.24) is 0 Å². The number of aliphatic hydroxyl groups is 3. The standard InChI is InChI=1S/C49H92NO12P/c1-3-5-7-8-9-10-11-12-13-14-15-16-17-18-19-20-21-22-23-24-29-33-47(53)58-40-43(41-60-63(56,57)59-38-37-50)61-48(54)34-30-26-25-28-32-44-45(52)39-49(55)62-46(44)36-35-42(51)31-27-6-4-2/h25,28,35-36,42-46,49,51-52,55H,3-24,26-27,29-34,37-41,50H2,1-2H3,(H,56,57)/b28-25-,36-35+/t42-,43+,44-,45-,46+,49?/m0/s1. The number of allylic oxidation sites excluding steroid dienone is 2. The van der Waals surface area contributed by atoms with Crippen molar-refractivity contribution >= 4 is 19.8 Å². The predicted molar refractivity (Wildman–Crippen MR) is 251 cm³/mol. The number of esters is 2. The number of phosphoric acid groups is 1. The number of rotatable bonds is 43. The number of aliphatic hydroxyl groups excluding tert-OH is 3. The van der Waals surface area contributed by atoms with Gasteiger partial charge in [0.2, 0.25) is 0 Å². The molecule has 14 heteroatoms. The number of hydrogen-bond donors (Lipinski definition) is 5. The number of carbonyl (C=O) groups is 2. The van der Waals surface area contributed by atoms with E-state index in [4.69, 9.17) is 29.0 Å². The third-order valence-corrected chi connectivity index (χ3v) is 12.6. The number of carbonyl (C=O) groups excluding carboxylic acids is 2. The van der Waals surface area contributed by atoms with Gasteiger partial charge in [-0.05, 0) is 32.1 Å². The van der Waals surface area contributed by atoms with E-state index in [-0.39, 0.29) is 44.9 Å². The molecule has 0 amide bonds. The molecule has 370 valence electrons. The summed E-state index contributed by atoms with van der Waals surface area (Å²) in [6.07, 6.45) is 35.4. The molecule has 1 rings (SSSR count). The zero-order chi connectivity index (χ0) is 46.2. The van der Waals surface area contributed by atoms with Gasteiger partial charge >= 0.3 is 19.8 Å². The fourth-order valence-electron chi connectivity index (χ4n) is 7.79. The monoisotopic (exact) mass is 918 g/mol. The fourth-order valence-corrected chi connectivity index (χ4v) is 8.56. The Labute approximate surface area is 382 Å². The summed E-state index contributed by atoms with van der Waals surface area (Å²) < 4.78 is 38.6. The van der Waals surface area contributed by atoms with E-state index in [1.807, 2.05) is 12.2 Å². The van der Waals surface area contributed by atoms with Crippen LogP contribution in [0.3, 0.4) is 0 Å². The van der Waals surface area contributed by atoms with Gasteiger partial charge in [0.25, 0.3) is 0 Å². The molecular formula is C49H92NO12P. The van der Waals surface area contributed by atoms with Crippen LogP contribution in [-0.2, 0) is 37.4 Å². The zero-order valence-corrected chi connectivity index (χ0v) is 40.5. The number of ether oxygens (including phenoxy) is 3. The number of unbranched alkanes of at least 4 members (excludes halogenated alkanes) is 23. The Bertz CT molecular complexity index is 1200. The first-order valence-corrected chi connectivity index (χ1v) is 26.7. The summed E-state index contributed by atoms with van der Waals surface area (Å²) in [5.74, 6) is -1.33. The Morgan fingerprint density at radius 1 is 0.714 bits per heavy atom. The summed E-state index contributed by atoms with van der Waals surface area (Å²) in [4.78, 5) is 35.2. The topological polar surface area (TPSA) is 204 Å². The summed E-state index contributed by atoms with van der Waals surface area (Å²) in [5.41, 5.74) is 5.36. The van der Waals surface area contributed by atoms with Gasteiger partial charge in [0, 0.05) is 31.7 Å². The molecule has 0 bridgehead atoms. The molecule has 0 spiro atoms.